The molecule has 3 rings (SSSR count). The van der Waals surface area contributed by atoms with Crippen molar-refractivity contribution in [2.75, 3.05) is 7.05 Å². The molecule has 0 aromatic rings. The monoisotopic (exact) mass is 258 g/mol. The predicted octanol–water partition coefficient (Wildman–Crippen LogP) is 0.665. The van der Waals surface area contributed by atoms with E-state index in [9.17, 15) is 9.59 Å². The molecule has 1 aliphatic carbocycles. The second kappa shape index (κ2) is 3.88. The minimum Gasteiger partial charge on any atom is -0.349 e. The third-order valence-corrected chi connectivity index (χ3v) is 3.73. The Labute approximate surface area is 110 Å². The van der Waals surface area contributed by atoms with Gasteiger partial charge in [0.25, 0.3) is 5.91 Å². The van der Waals surface area contributed by atoms with E-state index in [0.717, 1.165) is 5.57 Å². The van der Waals surface area contributed by atoms with E-state index >= 15 is 0 Å². The number of fused-ring (bicyclic) bond motifs is 2. The van der Waals surface area contributed by atoms with Gasteiger partial charge in [-0.15, -0.1) is 0 Å². The van der Waals surface area contributed by atoms with Crippen LogP contribution >= 0.6 is 0 Å². The molecule has 19 heavy (non-hydrogen) atoms. The fourth-order valence-electron chi connectivity index (χ4n) is 2.51. The molecule has 98 valence electrons. The normalized spacial score (nSPS) is 29.5. The average Bonchev–Trinajstić information content (AvgIpc) is 2.34. The number of aliphatic imine (C=N–C) groups is 2. The van der Waals surface area contributed by atoms with Gasteiger partial charge in [0, 0.05) is 7.05 Å². The van der Waals surface area contributed by atoms with Crippen molar-refractivity contribution in [2.24, 2.45) is 9.98 Å². The maximum absolute atomic E-state index is 11.8. The fraction of sp³-hybridized carbons (Fsp3) is 0.385. The second-order valence-electron chi connectivity index (χ2n) is 4.96. The van der Waals surface area contributed by atoms with Crippen LogP contribution in [0.5, 0.6) is 0 Å². The average molecular weight is 258 g/mol. The van der Waals surface area contributed by atoms with E-state index in [1.54, 1.807) is 0 Å². The molecule has 2 unspecified atom stereocenters. The first-order valence-electron chi connectivity index (χ1n) is 6.09. The van der Waals surface area contributed by atoms with Crippen LogP contribution in [0.15, 0.2) is 33.3 Å². The topological polar surface area (TPSA) is 74.1 Å². The number of allylic oxidation sites excluding steroid dienone is 2. The number of amides is 3. The maximum atomic E-state index is 11.8. The molecular weight excluding hydrogens is 244 g/mol. The maximum Gasteiger partial charge on any atom is 0.349 e. The lowest BCUT2D eigenvalue weighted by atomic mass is 9.90. The van der Waals surface area contributed by atoms with Gasteiger partial charge in [-0.1, -0.05) is 23.3 Å². The smallest absolute Gasteiger partial charge is 0.349 e. The second-order valence-corrected chi connectivity index (χ2v) is 4.96. The number of imide groups is 1. The summed E-state index contributed by atoms with van der Waals surface area (Å²) >= 11 is 0. The first kappa shape index (κ1) is 11.8. The zero-order valence-electron chi connectivity index (χ0n) is 11.0. The highest BCUT2D eigenvalue weighted by Crippen LogP contribution is 2.27. The molecule has 6 heteroatoms. The Kier molecular flexibility index (Phi) is 2.41. The number of hydrogen-bond acceptors (Lipinski definition) is 4. The van der Waals surface area contributed by atoms with Gasteiger partial charge in [0.15, 0.2) is 11.5 Å². The van der Waals surface area contributed by atoms with Crippen LogP contribution in [-0.4, -0.2) is 47.5 Å². The van der Waals surface area contributed by atoms with Crippen molar-refractivity contribution in [3.63, 3.8) is 0 Å². The molecule has 6 nitrogen and oxygen atoms in total. The van der Waals surface area contributed by atoms with E-state index in [2.05, 4.69) is 21.4 Å². The number of carbonyl (C=O) groups is 2. The van der Waals surface area contributed by atoms with Crippen LogP contribution in [0, 0.1) is 0 Å². The summed E-state index contributed by atoms with van der Waals surface area (Å²) in [4.78, 5) is 33.3. The van der Waals surface area contributed by atoms with Crippen molar-refractivity contribution in [2.45, 2.75) is 25.9 Å². The molecule has 2 aliphatic heterocycles. The third-order valence-electron chi connectivity index (χ3n) is 3.73. The van der Waals surface area contributed by atoms with Crippen LogP contribution in [-0.2, 0) is 4.79 Å². The SMILES string of the molecule is CC1=CC2N=C3C(=O)NC(=O)N=C3N(C)C2C=C1C. The standard InChI is InChI=1S/C13H14N4O2/c1-6-4-8-9(5-7(6)2)17(3)11-10(14-8)12(18)16-13(19)15-11/h4-5,8-9H,1-3H3,(H,16,18,19). The summed E-state index contributed by atoms with van der Waals surface area (Å²) in [6, 6.07) is -0.737. The number of nitrogens with one attached hydrogen (secondary N) is 1. The molecule has 0 spiro atoms. The van der Waals surface area contributed by atoms with Crippen molar-refractivity contribution in [3.05, 3.63) is 23.3 Å². The molecule has 0 fully saturated rings. The third kappa shape index (κ3) is 1.71. The number of carbonyl (C=O) groups excluding carboxylic acids is 2. The highest BCUT2D eigenvalue weighted by Gasteiger charge is 2.39. The van der Waals surface area contributed by atoms with Gasteiger partial charge in [-0.2, -0.15) is 4.99 Å². The van der Waals surface area contributed by atoms with Gasteiger partial charge < -0.3 is 4.90 Å². The number of hydrogen-bond donors (Lipinski definition) is 1. The van der Waals surface area contributed by atoms with Crippen molar-refractivity contribution < 1.29 is 9.59 Å². The number of nitrogens with zero attached hydrogens (tertiary/aromatic N) is 3. The molecule has 0 aromatic heterocycles. The van der Waals surface area contributed by atoms with Gasteiger partial charge in [0.05, 0.1) is 12.1 Å². The van der Waals surface area contributed by atoms with Gasteiger partial charge in [0.2, 0.25) is 0 Å². The zero-order chi connectivity index (χ0) is 13.7. The fourth-order valence-corrected chi connectivity index (χ4v) is 2.51. The van der Waals surface area contributed by atoms with Crippen molar-refractivity contribution in [1.82, 2.24) is 10.2 Å². The van der Waals surface area contributed by atoms with E-state index in [4.69, 9.17) is 0 Å². The number of rotatable bonds is 0. The predicted molar refractivity (Wildman–Crippen MR) is 71.3 cm³/mol. The quantitative estimate of drug-likeness (QED) is 0.693. The number of likely N-dealkylation sites (N-methyl/N-ethyl adjacent to an activating group) is 1. The zero-order valence-corrected chi connectivity index (χ0v) is 11.0. The molecule has 0 radical (unpaired) electrons. The van der Waals surface area contributed by atoms with E-state index in [1.807, 2.05) is 31.9 Å². The van der Waals surface area contributed by atoms with Crippen molar-refractivity contribution in [3.8, 4) is 0 Å². The molecule has 0 saturated carbocycles. The van der Waals surface area contributed by atoms with Crippen LogP contribution in [0.3, 0.4) is 0 Å². The summed E-state index contributed by atoms with van der Waals surface area (Å²) < 4.78 is 0. The van der Waals surface area contributed by atoms with E-state index in [0.29, 0.717) is 5.84 Å². The largest absolute Gasteiger partial charge is 0.349 e. The van der Waals surface area contributed by atoms with E-state index in [-0.39, 0.29) is 17.8 Å². The van der Waals surface area contributed by atoms with Gasteiger partial charge in [0.1, 0.15) is 0 Å². The van der Waals surface area contributed by atoms with Gasteiger partial charge in [-0.3, -0.25) is 15.1 Å². The Morgan fingerprint density at radius 2 is 1.89 bits per heavy atom. The molecule has 2 heterocycles. The lowest BCUT2D eigenvalue weighted by molar-refractivity contribution is -0.113. The summed E-state index contributed by atoms with van der Waals surface area (Å²) in [5.74, 6) is -0.121. The molecule has 0 aromatic carbocycles. The first-order chi connectivity index (χ1) is 8.97. The Morgan fingerprint density at radius 1 is 1.21 bits per heavy atom. The van der Waals surface area contributed by atoms with Crippen LogP contribution in [0.4, 0.5) is 4.79 Å². The summed E-state index contributed by atoms with van der Waals surface area (Å²) in [6.45, 7) is 4.06. The minimum atomic E-state index is -0.632. The molecule has 0 saturated heterocycles. The lowest BCUT2D eigenvalue weighted by Crippen LogP contribution is -2.57. The molecule has 3 amide bonds. The van der Waals surface area contributed by atoms with E-state index < -0.39 is 11.9 Å². The Morgan fingerprint density at radius 3 is 2.63 bits per heavy atom. The van der Waals surface area contributed by atoms with Gasteiger partial charge in [-0.05, 0) is 13.8 Å². The Balaban J connectivity index is 2.12. The van der Waals surface area contributed by atoms with E-state index in [1.165, 1.54) is 5.57 Å². The van der Waals surface area contributed by atoms with Crippen molar-refractivity contribution >= 4 is 23.5 Å². The van der Waals surface area contributed by atoms with Crippen LogP contribution in [0.2, 0.25) is 0 Å². The number of amidine groups is 1. The molecule has 3 aliphatic rings. The van der Waals surface area contributed by atoms with Crippen LogP contribution in [0.25, 0.3) is 0 Å². The molecule has 1 N–H and O–H groups in total. The Bertz CT molecular complexity index is 612. The first-order valence-corrected chi connectivity index (χ1v) is 6.09. The van der Waals surface area contributed by atoms with Crippen LogP contribution in [0.1, 0.15) is 13.8 Å². The molecule has 0 bridgehead atoms. The summed E-state index contributed by atoms with van der Waals surface area (Å²) in [7, 11) is 1.83. The lowest BCUT2D eigenvalue weighted by Gasteiger charge is -2.39. The molecular formula is C13H14N4O2. The summed E-state index contributed by atoms with van der Waals surface area (Å²) in [5, 5.41) is 2.16. The Hall–Kier alpha value is -2.24. The van der Waals surface area contributed by atoms with Crippen LogP contribution < -0.4 is 5.32 Å². The van der Waals surface area contributed by atoms with Crippen molar-refractivity contribution in [1.29, 1.82) is 0 Å². The van der Waals surface area contributed by atoms with Gasteiger partial charge in [-0.25, -0.2) is 4.79 Å². The number of urea groups is 1. The molecule has 2 atom stereocenters. The van der Waals surface area contributed by atoms with Gasteiger partial charge >= 0.3 is 6.03 Å². The highest BCUT2D eigenvalue weighted by atomic mass is 16.2. The summed E-state index contributed by atoms with van der Waals surface area (Å²) in [6.07, 6.45) is 4.14. The minimum absolute atomic E-state index is 0.00454. The summed E-state index contributed by atoms with van der Waals surface area (Å²) in [5.41, 5.74) is 2.57. The highest BCUT2D eigenvalue weighted by molar-refractivity contribution is 6.69.